The molecule has 0 bridgehead atoms. The molecule has 7 heteroatoms. The normalized spacial score (nSPS) is 16.7. The van der Waals surface area contributed by atoms with E-state index in [0.29, 0.717) is 19.1 Å². The van der Waals surface area contributed by atoms with Crippen molar-refractivity contribution in [2.45, 2.75) is 12.8 Å². The molecular formula is C20H25ClN2O3S. The van der Waals surface area contributed by atoms with Crippen molar-refractivity contribution < 1.29 is 14.3 Å². The molecule has 2 aliphatic heterocycles. The second kappa shape index (κ2) is 8.95. The molecule has 1 saturated heterocycles. The number of carbonyl (C=O) groups excluding carboxylic acids is 1. The minimum absolute atomic E-state index is 0. The zero-order chi connectivity index (χ0) is 17.9. The summed E-state index contributed by atoms with van der Waals surface area (Å²) in [5.74, 6) is 2.40. The lowest BCUT2D eigenvalue weighted by molar-refractivity contribution is 0.0696. The molecule has 3 heterocycles. The van der Waals surface area contributed by atoms with E-state index >= 15 is 0 Å². The molecule has 0 atom stereocenters. The van der Waals surface area contributed by atoms with Crippen molar-refractivity contribution in [3.63, 3.8) is 0 Å². The smallest absolute Gasteiger partial charge is 0.263 e. The van der Waals surface area contributed by atoms with E-state index in [1.807, 2.05) is 42.3 Å². The van der Waals surface area contributed by atoms with Gasteiger partial charge < -0.3 is 19.7 Å². The number of benzene rings is 1. The largest absolute Gasteiger partial charge is 0.486 e. The van der Waals surface area contributed by atoms with Gasteiger partial charge in [-0.25, -0.2) is 0 Å². The van der Waals surface area contributed by atoms with Crippen LogP contribution in [0.25, 0.3) is 10.4 Å². The topological polar surface area (TPSA) is 50.8 Å². The van der Waals surface area contributed by atoms with E-state index in [1.54, 1.807) is 11.3 Å². The molecule has 0 unspecified atom stereocenters. The summed E-state index contributed by atoms with van der Waals surface area (Å²) in [5, 5.41) is 3.24. The van der Waals surface area contributed by atoms with E-state index < -0.39 is 0 Å². The van der Waals surface area contributed by atoms with Crippen LogP contribution in [0.15, 0.2) is 30.3 Å². The maximum Gasteiger partial charge on any atom is 0.263 e. The third kappa shape index (κ3) is 4.39. The molecule has 0 radical (unpaired) electrons. The maximum atomic E-state index is 12.8. The van der Waals surface area contributed by atoms with Gasteiger partial charge in [-0.2, -0.15) is 0 Å². The van der Waals surface area contributed by atoms with E-state index in [9.17, 15) is 4.79 Å². The van der Waals surface area contributed by atoms with Crippen molar-refractivity contribution in [2.75, 3.05) is 39.9 Å². The Morgan fingerprint density at radius 2 is 1.89 bits per heavy atom. The first kappa shape index (κ1) is 20.0. The van der Waals surface area contributed by atoms with Crippen LogP contribution in [-0.4, -0.2) is 50.7 Å². The monoisotopic (exact) mass is 408 g/mol. The number of nitrogens with one attached hydrogen (secondary N) is 1. The number of halogens is 1. The van der Waals surface area contributed by atoms with Crippen LogP contribution in [0.4, 0.5) is 0 Å². The first-order valence-electron chi connectivity index (χ1n) is 9.18. The molecule has 0 saturated carbocycles. The van der Waals surface area contributed by atoms with Crippen LogP contribution < -0.4 is 14.8 Å². The number of hydrogen-bond acceptors (Lipinski definition) is 5. The Labute approximate surface area is 170 Å². The molecule has 0 spiro atoms. The van der Waals surface area contributed by atoms with Crippen molar-refractivity contribution >= 4 is 29.7 Å². The van der Waals surface area contributed by atoms with E-state index in [2.05, 4.69) is 5.32 Å². The van der Waals surface area contributed by atoms with Crippen molar-refractivity contribution in [3.05, 3.63) is 35.2 Å². The number of ether oxygens (including phenoxy) is 2. The molecule has 5 nitrogen and oxygen atoms in total. The first-order valence-corrected chi connectivity index (χ1v) is 10.00. The third-order valence-electron chi connectivity index (χ3n) is 5.04. The predicted octanol–water partition coefficient (Wildman–Crippen LogP) is 3.68. The van der Waals surface area contributed by atoms with E-state index in [1.165, 1.54) is 0 Å². The summed E-state index contributed by atoms with van der Waals surface area (Å²) >= 11 is 1.55. The standard InChI is InChI=1S/C20H24N2O3S.ClH/c1-21-13-14-6-8-22(9-7-14)20(23)19-5-4-18(26-19)15-2-3-16-17(12-15)25-11-10-24-16;/h2-5,12,14,21H,6-11,13H2,1H3;1H. The summed E-state index contributed by atoms with van der Waals surface area (Å²) in [7, 11) is 1.99. The maximum absolute atomic E-state index is 12.8. The number of amides is 1. The highest BCUT2D eigenvalue weighted by Gasteiger charge is 2.24. The lowest BCUT2D eigenvalue weighted by Gasteiger charge is -2.31. The molecule has 2 aromatic rings. The highest BCUT2D eigenvalue weighted by atomic mass is 35.5. The fraction of sp³-hybridized carbons (Fsp3) is 0.450. The van der Waals surface area contributed by atoms with E-state index in [0.717, 1.165) is 59.3 Å². The van der Waals surface area contributed by atoms with Gasteiger partial charge in [0, 0.05) is 18.0 Å². The lowest BCUT2D eigenvalue weighted by atomic mass is 9.97. The number of nitrogens with zero attached hydrogens (tertiary/aromatic N) is 1. The molecule has 1 aromatic carbocycles. The van der Waals surface area contributed by atoms with Crippen LogP contribution in [0.3, 0.4) is 0 Å². The van der Waals surface area contributed by atoms with E-state index in [4.69, 9.17) is 9.47 Å². The minimum atomic E-state index is 0. The van der Waals surface area contributed by atoms with Gasteiger partial charge in [-0.15, -0.1) is 23.7 Å². The van der Waals surface area contributed by atoms with Gasteiger partial charge >= 0.3 is 0 Å². The number of hydrogen-bond donors (Lipinski definition) is 1. The Bertz CT molecular complexity index is 787. The highest BCUT2D eigenvalue weighted by molar-refractivity contribution is 7.17. The second-order valence-electron chi connectivity index (χ2n) is 6.82. The predicted molar refractivity (Wildman–Crippen MR) is 111 cm³/mol. The van der Waals surface area contributed by atoms with Gasteiger partial charge in [-0.1, -0.05) is 0 Å². The minimum Gasteiger partial charge on any atom is -0.486 e. The van der Waals surface area contributed by atoms with Gasteiger partial charge in [0.15, 0.2) is 11.5 Å². The van der Waals surface area contributed by atoms with E-state index in [-0.39, 0.29) is 18.3 Å². The fourth-order valence-electron chi connectivity index (χ4n) is 3.59. The first-order chi connectivity index (χ1) is 12.7. The van der Waals surface area contributed by atoms with Gasteiger partial charge in [0.2, 0.25) is 0 Å². The third-order valence-corrected chi connectivity index (χ3v) is 6.16. The number of carbonyl (C=O) groups is 1. The summed E-state index contributed by atoms with van der Waals surface area (Å²) < 4.78 is 11.2. The van der Waals surface area contributed by atoms with Crippen molar-refractivity contribution in [3.8, 4) is 21.9 Å². The Morgan fingerprint density at radius 3 is 2.63 bits per heavy atom. The molecule has 27 heavy (non-hydrogen) atoms. The number of likely N-dealkylation sites (tertiary alicyclic amines) is 1. The van der Waals surface area contributed by atoms with Crippen LogP contribution >= 0.6 is 23.7 Å². The number of thiophene rings is 1. The number of piperidine rings is 1. The number of rotatable bonds is 4. The molecule has 1 aromatic heterocycles. The fourth-order valence-corrected chi connectivity index (χ4v) is 4.56. The van der Waals surface area contributed by atoms with Crippen molar-refractivity contribution in [1.82, 2.24) is 10.2 Å². The second-order valence-corrected chi connectivity index (χ2v) is 7.90. The van der Waals surface area contributed by atoms with Crippen LogP contribution in [0, 0.1) is 5.92 Å². The quantitative estimate of drug-likeness (QED) is 0.838. The lowest BCUT2D eigenvalue weighted by Crippen LogP contribution is -2.40. The van der Waals surface area contributed by atoms with Crippen molar-refractivity contribution in [1.29, 1.82) is 0 Å². The molecule has 2 aliphatic rings. The summed E-state index contributed by atoms with van der Waals surface area (Å²) in [6.45, 7) is 3.91. The molecule has 146 valence electrons. The van der Waals surface area contributed by atoms with Gasteiger partial charge in [0.1, 0.15) is 13.2 Å². The van der Waals surface area contributed by atoms with Crippen LogP contribution in [0.5, 0.6) is 11.5 Å². The van der Waals surface area contributed by atoms with Crippen LogP contribution in [0.1, 0.15) is 22.5 Å². The average Bonchev–Trinajstić information content (AvgIpc) is 3.18. The SMILES string of the molecule is CNCC1CCN(C(=O)c2ccc(-c3ccc4c(c3)OCCO4)s2)CC1.Cl. The molecule has 1 amide bonds. The number of fused-ring (bicyclic) bond motifs is 1. The molecule has 4 rings (SSSR count). The van der Waals surface area contributed by atoms with Gasteiger partial charge in [0.25, 0.3) is 5.91 Å². The highest BCUT2D eigenvalue weighted by Crippen LogP contribution is 2.37. The Morgan fingerprint density at radius 1 is 1.15 bits per heavy atom. The molecular weight excluding hydrogens is 384 g/mol. The summed E-state index contributed by atoms with van der Waals surface area (Å²) in [4.78, 5) is 16.7. The Balaban J connectivity index is 0.00000210. The van der Waals surface area contributed by atoms with Gasteiger partial charge in [-0.3, -0.25) is 4.79 Å². The molecule has 0 aliphatic carbocycles. The summed E-state index contributed by atoms with van der Waals surface area (Å²) in [5.41, 5.74) is 1.06. The average molecular weight is 409 g/mol. The van der Waals surface area contributed by atoms with Crippen LogP contribution in [0.2, 0.25) is 0 Å². The summed E-state index contributed by atoms with van der Waals surface area (Å²) in [6.07, 6.45) is 2.15. The summed E-state index contributed by atoms with van der Waals surface area (Å²) in [6, 6.07) is 9.93. The molecule has 1 fully saturated rings. The Kier molecular flexibility index (Phi) is 6.63. The van der Waals surface area contributed by atoms with Crippen molar-refractivity contribution in [2.24, 2.45) is 5.92 Å². The zero-order valence-electron chi connectivity index (χ0n) is 15.4. The Hall–Kier alpha value is -1.76. The van der Waals surface area contributed by atoms with Gasteiger partial charge in [-0.05, 0) is 68.2 Å². The van der Waals surface area contributed by atoms with Crippen LogP contribution in [-0.2, 0) is 0 Å². The van der Waals surface area contributed by atoms with Gasteiger partial charge in [0.05, 0.1) is 4.88 Å². The molecule has 1 N–H and O–H groups in total. The zero-order valence-corrected chi connectivity index (χ0v) is 17.0.